The van der Waals surface area contributed by atoms with Gasteiger partial charge in [0.1, 0.15) is 11.3 Å². The highest BCUT2D eigenvalue weighted by Gasteiger charge is 2.14. The summed E-state index contributed by atoms with van der Waals surface area (Å²) in [5.74, 6) is 1.47. The molecule has 2 aromatic carbocycles. The van der Waals surface area contributed by atoms with E-state index < -0.39 is 0 Å². The van der Waals surface area contributed by atoms with Gasteiger partial charge in [-0.25, -0.2) is 4.52 Å². The number of benzene rings is 2. The predicted molar refractivity (Wildman–Crippen MR) is 120 cm³/mol. The molecule has 8 nitrogen and oxygen atoms in total. The van der Waals surface area contributed by atoms with Crippen LogP contribution in [-0.4, -0.2) is 31.4 Å². The van der Waals surface area contributed by atoms with Gasteiger partial charge >= 0.3 is 0 Å². The average Bonchev–Trinajstić information content (AvgIpc) is 3.43. The van der Waals surface area contributed by atoms with E-state index in [1.165, 1.54) is 5.56 Å². The van der Waals surface area contributed by atoms with Crippen LogP contribution in [0.2, 0.25) is 0 Å². The van der Waals surface area contributed by atoms with Crippen molar-refractivity contribution >= 4 is 5.52 Å². The van der Waals surface area contributed by atoms with Crippen LogP contribution in [0.1, 0.15) is 17.0 Å². The molecule has 0 N–H and O–H groups in total. The molecular formula is C24H21N5O3. The van der Waals surface area contributed by atoms with Gasteiger partial charge in [0.05, 0.1) is 19.3 Å². The van der Waals surface area contributed by atoms with Crippen molar-refractivity contribution in [1.82, 2.24) is 24.3 Å². The third-order valence-corrected chi connectivity index (χ3v) is 5.36. The average molecular weight is 427 g/mol. The summed E-state index contributed by atoms with van der Waals surface area (Å²) in [6.45, 7) is 4.28. The summed E-state index contributed by atoms with van der Waals surface area (Å²) in [7, 11) is 1.60. The van der Waals surface area contributed by atoms with Crippen LogP contribution in [0.15, 0.2) is 70.2 Å². The standard InChI is InChI=1S/C24H21N5O3/c1-15-7-8-19(16(2)11-15)20-13-21-24(30)28(9-10-29(21)26-20)14-22-25-23(32-27-22)17-5-4-6-18(12-17)31-3/h4-13H,14H2,1-3H3. The maximum absolute atomic E-state index is 13.1. The van der Waals surface area contributed by atoms with Gasteiger partial charge in [0.15, 0.2) is 5.82 Å². The van der Waals surface area contributed by atoms with Gasteiger partial charge in [0.2, 0.25) is 0 Å². The highest BCUT2D eigenvalue weighted by molar-refractivity contribution is 5.68. The molecule has 8 heteroatoms. The zero-order valence-corrected chi connectivity index (χ0v) is 17.9. The maximum atomic E-state index is 13.1. The van der Waals surface area contributed by atoms with Crippen molar-refractivity contribution in [1.29, 1.82) is 0 Å². The molecule has 0 aliphatic heterocycles. The van der Waals surface area contributed by atoms with E-state index >= 15 is 0 Å². The third kappa shape index (κ3) is 3.56. The second-order valence-electron chi connectivity index (χ2n) is 7.66. The Bertz CT molecular complexity index is 1500. The van der Waals surface area contributed by atoms with Crippen molar-refractivity contribution in [3.8, 4) is 28.5 Å². The number of fused-ring (bicyclic) bond motifs is 1. The number of nitrogens with zero attached hydrogens (tertiary/aromatic N) is 5. The summed E-state index contributed by atoms with van der Waals surface area (Å²) in [5, 5.41) is 8.61. The Morgan fingerprint density at radius 2 is 1.94 bits per heavy atom. The van der Waals surface area contributed by atoms with Crippen LogP contribution in [-0.2, 0) is 6.54 Å². The summed E-state index contributed by atoms with van der Waals surface area (Å²) in [6, 6.07) is 15.4. The smallest absolute Gasteiger partial charge is 0.277 e. The van der Waals surface area contributed by atoms with E-state index in [-0.39, 0.29) is 12.1 Å². The minimum Gasteiger partial charge on any atom is -0.497 e. The predicted octanol–water partition coefficient (Wildman–Crippen LogP) is 3.89. The highest BCUT2D eigenvalue weighted by atomic mass is 16.5. The van der Waals surface area contributed by atoms with Gasteiger partial charge in [0, 0.05) is 23.5 Å². The molecule has 0 aliphatic rings. The number of ether oxygens (including phenoxy) is 1. The van der Waals surface area contributed by atoms with Gasteiger partial charge in [0.25, 0.3) is 11.4 Å². The molecule has 0 atom stereocenters. The van der Waals surface area contributed by atoms with Crippen molar-refractivity contribution in [2.24, 2.45) is 0 Å². The molecular weight excluding hydrogens is 406 g/mol. The van der Waals surface area contributed by atoms with E-state index in [1.54, 1.807) is 28.6 Å². The molecule has 0 saturated heterocycles. The first-order valence-corrected chi connectivity index (χ1v) is 10.2. The first-order valence-electron chi connectivity index (χ1n) is 10.2. The Hall–Kier alpha value is -4.20. The molecule has 0 fully saturated rings. The summed E-state index contributed by atoms with van der Waals surface area (Å²) >= 11 is 0. The minimum absolute atomic E-state index is 0.177. The first kappa shape index (κ1) is 19.7. The zero-order valence-electron chi connectivity index (χ0n) is 17.9. The van der Waals surface area contributed by atoms with E-state index in [0.717, 1.165) is 22.4 Å². The number of aromatic nitrogens is 5. The highest BCUT2D eigenvalue weighted by Crippen LogP contribution is 2.24. The first-order chi connectivity index (χ1) is 15.5. The van der Waals surface area contributed by atoms with Gasteiger partial charge < -0.3 is 13.8 Å². The van der Waals surface area contributed by atoms with Gasteiger partial charge in [-0.1, -0.05) is 35.0 Å². The lowest BCUT2D eigenvalue weighted by Gasteiger charge is -2.03. The fourth-order valence-corrected chi connectivity index (χ4v) is 3.73. The van der Waals surface area contributed by atoms with Crippen LogP contribution >= 0.6 is 0 Å². The SMILES string of the molecule is COc1cccc(-c2nc(Cn3ccn4nc(-c5ccc(C)cc5C)cc4c3=O)no2)c1. The lowest BCUT2D eigenvalue weighted by Crippen LogP contribution is -2.22. The van der Waals surface area contributed by atoms with Crippen LogP contribution in [0.4, 0.5) is 0 Å². The number of aryl methyl sites for hydroxylation is 2. The van der Waals surface area contributed by atoms with Gasteiger partial charge in [-0.05, 0) is 43.7 Å². The summed E-state index contributed by atoms with van der Waals surface area (Å²) < 4.78 is 13.8. The zero-order chi connectivity index (χ0) is 22.2. The van der Waals surface area contributed by atoms with E-state index in [1.807, 2.05) is 49.4 Å². The Kier molecular flexibility index (Phi) is 4.82. The molecule has 0 saturated carbocycles. The largest absolute Gasteiger partial charge is 0.497 e. The van der Waals surface area contributed by atoms with Crippen LogP contribution in [0.25, 0.3) is 28.2 Å². The number of rotatable bonds is 5. The monoisotopic (exact) mass is 427 g/mol. The molecule has 0 radical (unpaired) electrons. The summed E-state index contributed by atoms with van der Waals surface area (Å²) in [6.07, 6.45) is 3.43. The van der Waals surface area contributed by atoms with Gasteiger partial charge in [-0.2, -0.15) is 10.1 Å². The molecule has 0 spiro atoms. The molecule has 0 unspecified atom stereocenters. The normalized spacial score (nSPS) is 11.2. The van der Waals surface area contributed by atoms with Crippen molar-refractivity contribution in [2.45, 2.75) is 20.4 Å². The quantitative estimate of drug-likeness (QED) is 0.423. The molecule has 32 heavy (non-hydrogen) atoms. The van der Waals surface area contributed by atoms with Crippen LogP contribution in [0.3, 0.4) is 0 Å². The van der Waals surface area contributed by atoms with Gasteiger partial charge in [-0.3, -0.25) is 4.79 Å². The Labute approximate surface area is 183 Å². The molecule has 0 bridgehead atoms. The second-order valence-corrected chi connectivity index (χ2v) is 7.66. The molecule has 5 aromatic rings. The summed E-state index contributed by atoms with van der Waals surface area (Å²) in [5.41, 5.74) is 5.13. The summed E-state index contributed by atoms with van der Waals surface area (Å²) in [4.78, 5) is 17.5. The van der Waals surface area contributed by atoms with E-state index in [0.29, 0.717) is 23.0 Å². The Morgan fingerprint density at radius 1 is 1.06 bits per heavy atom. The van der Waals surface area contributed by atoms with Crippen LogP contribution in [0, 0.1) is 13.8 Å². The fraction of sp³-hybridized carbons (Fsp3) is 0.167. The molecule has 0 aliphatic carbocycles. The maximum Gasteiger partial charge on any atom is 0.277 e. The van der Waals surface area contributed by atoms with Crippen LogP contribution in [0.5, 0.6) is 5.75 Å². The van der Waals surface area contributed by atoms with Crippen molar-refractivity contribution in [3.63, 3.8) is 0 Å². The van der Waals surface area contributed by atoms with E-state index in [4.69, 9.17) is 9.26 Å². The topological polar surface area (TPSA) is 87.5 Å². The third-order valence-electron chi connectivity index (χ3n) is 5.36. The van der Waals surface area contributed by atoms with Crippen LogP contribution < -0.4 is 10.3 Å². The second kappa shape index (κ2) is 7.81. The van der Waals surface area contributed by atoms with Gasteiger partial charge in [-0.15, -0.1) is 0 Å². The Balaban J connectivity index is 1.46. The lowest BCUT2D eigenvalue weighted by atomic mass is 10.0. The molecule has 3 aromatic heterocycles. The lowest BCUT2D eigenvalue weighted by molar-refractivity contribution is 0.411. The Morgan fingerprint density at radius 3 is 2.75 bits per heavy atom. The molecule has 160 valence electrons. The molecule has 5 rings (SSSR count). The molecule has 3 heterocycles. The van der Waals surface area contributed by atoms with Crippen molar-refractivity contribution in [3.05, 3.63) is 88.2 Å². The fourth-order valence-electron chi connectivity index (χ4n) is 3.73. The van der Waals surface area contributed by atoms with E-state index in [2.05, 4.69) is 28.2 Å². The number of hydrogen-bond donors (Lipinski definition) is 0. The van der Waals surface area contributed by atoms with Crippen molar-refractivity contribution < 1.29 is 9.26 Å². The van der Waals surface area contributed by atoms with E-state index in [9.17, 15) is 4.79 Å². The molecule has 0 amide bonds. The minimum atomic E-state index is -0.177. The van der Waals surface area contributed by atoms with Crippen molar-refractivity contribution in [2.75, 3.05) is 7.11 Å². The number of methoxy groups -OCH3 is 1. The number of hydrogen-bond acceptors (Lipinski definition) is 6.